The van der Waals surface area contributed by atoms with Crippen molar-refractivity contribution in [2.75, 3.05) is 27.2 Å². The molecule has 2 aromatic carbocycles. The van der Waals surface area contributed by atoms with Crippen molar-refractivity contribution in [2.45, 2.75) is 25.5 Å². The molecule has 0 atom stereocenters. The molecule has 1 saturated heterocycles. The molecule has 4 nitrogen and oxygen atoms in total. The van der Waals surface area contributed by atoms with Crippen LogP contribution in [0.4, 0.5) is 0 Å². The number of hydrogen-bond donors (Lipinski definition) is 0. The van der Waals surface area contributed by atoms with Crippen LogP contribution >= 0.6 is 11.6 Å². The van der Waals surface area contributed by atoms with Gasteiger partial charge in [-0.25, -0.2) is 0 Å². The monoisotopic (exact) mass is 372 g/mol. The lowest BCUT2D eigenvalue weighted by Crippen LogP contribution is -2.41. The van der Waals surface area contributed by atoms with Crippen molar-refractivity contribution in [3.8, 4) is 5.75 Å². The molecule has 1 heterocycles. The molecule has 26 heavy (non-hydrogen) atoms. The highest BCUT2D eigenvalue weighted by Gasteiger charge is 2.24. The standard InChI is InChI=1S/C21H25ClN2O2/c1-23(2)15-16-4-3-5-17(14-16)21(25)24-12-10-20(11-13-24)26-19-8-6-18(22)7-9-19/h3-9,14,20H,10-13,15H2,1-2H3. The normalized spacial score (nSPS) is 15.3. The highest BCUT2D eigenvalue weighted by Crippen LogP contribution is 2.22. The van der Waals surface area contributed by atoms with Crippen LogP contribution in [0.3, 0.4) is 0 Å². The molecule has 0 bridgehead atoms. The average molecular weight is 373 g/mol. The van der Waals surface area contributed by atoms with E-state index in [-0.39, 0.29) is 12.0 Å². The Morgan fingerprint density at radius 3 is 2.50 bits per heavy atom. The molecule has 0 saturated carbocycles. The zero-order valence-corrected chi connectivity index (χ0v) is 16.1. The number of halogens is 1. The molecular formula is C21H25ClN2O2. The summed E-state index contributed by atoms with van der Waals surface area (Å²) >= 11 is 5.90. The molecule has 0 radical (unpaired) electrons. The summed E-state index contributed by atoms with van der Waals surface area (Å²) in [6.07, 6.45) is 1.82. The number of likely N-dealkylation sites (tertiary alicyclic amines) is 1. The summed E-state index contributed by atoms with van der Waals surface area (Å²) in [5.74, 6) is 0.936. The first-order chi connectivity index (χ1) is 12.5. The largest absolute Gasteiger partial charge is 0.490 e. The third-order valence-electron chi connectivity index (χ3n) is 4.52. The Morgan fingerprint density at radius 2 is 1.85 bits per heavy atom. The molecule has 0 aromatic heterocycles. The first-order valence-corrected chi connectivity index (χ1v) is 9.34. The Kier molecular flexibility index (Phi) is 6.17. The van der Waals surface area contributed by atoms with E-state index in [1.54, 1.807) is 0 Å². The summed E-state index contributed by atoms with van der Waals surface area (Å²) in [7, 11) is 4.06. The van der Waals surface area contributed by atoms with Gasteiger partial charge in [0.15, 0.2) is 0 Å². The predicted octanol–water partition coefficient (Wildman–Crippen LogP) is 4.09. The SMILES string of the molecule is CN(C)Cc1cccc(C(=O)N2CCC(Oc3ccc(Cl)cc3)CC2)c1. The Morgan fingerprint density at radius 1 is 1.15 bits per heavy atom. The number of ether oxygens (including phenoxy) is 1. The van der Waals surface area contributed by atoms with Crippen LogP contribution in [0, 0.1) is 0 Å². The molecule has 2 aromatic rings. The van der Waals surface area contributed by atoms with Crippen LogP contribution in [-0.4, -0.2) is 49.0 Å². The van der Waals surface area contributed by atoms with Gasteiger partial charge in [-0.05, 0) is 56.1 Å². The number of piperidine rings is 1. The van der Waals surface area contributed by atoms with Gasteiger partial charge in [0.2, 0.25) is 0 Å². The van der Waals surface area contributed by atoms with Gasteiger partial charge in [-0.3, -0.25) is 4.79 Å². The van der Waals surface area contributed by atoms with Gasteiger partial charge in [0.05, 0.1) is 0 Å². The summed E-state index contributed by atoms with van der Waals surface area (Å²) < 4.78 is 6.00. The minimum atomic E-state index is 0.107. The van der Waals surface area contributed by atoms with Gasteiger partial charge in [0, 0.05) is 43.1 Å². The summed E-state index contributed by atoms with van der Waals surface area (Å²) in [4.78, 5) is 16.8. The Labute approximate surface area is 160 Å². The molecule has 5 heteroatoms. The molecule has 138 valence electrons. The highest BCUT2D eigenvalue weighted by molar-refractivity contribution is 6.30. The molecule has 3 rings (SSSR count). The maximum Gasteiger partial charge on any atom is 0.253 e. The fourth-order valence-corrected chi connectivity index (χ4v) is 3.36. The zero-order chi connectivity index (χ0) is 18.5. The second-order valence-corrected chi connectivity index (χ2v) is 7.44. The van der Waals surface area contributed by atoms with Crippen molar-refractivity contribution >= 4 is 17.5 Å². The topological polar surface area (TPSA) is 32.8 Å². The third-order valence-corrected chi connectivity index (χ3v) is 4.77. The molecule has 0 unspecified atom stereocenters. The highest BCUT2D eigenvalue weighted by atomic mass is 35.5. The van der Waals surface area contributed by atoms with Crippen molar-refractivity contribution < 1.29 is 9.53 Å². The number of benzene rings is 2. The van der Waals surface area contributed by atoms with E-state index in [2.05, 4.69) is 11.0 Å². The quantitative estimate of drug-likeness (QED) is 0.792. The molecule has 0 N–H and O–H groups in total. The number of amides is 1. The van der Waals surface area contributed by atoms with Gasteiger partial charge in [-0.1, -0.05) is 23.7 Å². The van der Waals surface area contributed by atoms with Gasteiger partial charge in [-0.2, -0.15) is 0 Å². The Bertz CT molecular complexity index is 738. The van der Waals surface area contributed by atoms with E-state index in [1.165, 1.54) is 0 Å². The van der Waals surface area contributed by atoms with E-state index < -0.39 is 0 Å². The molecule has 1 aliphatic heterocycles. The maximum atomic E-state index is 12.8. The Balaban J connectivity index is 1.55. The minimum absolute atomic E-state index is 0.107. The van der Waals surface area contributed by atoms with E-state index in [1.807, 2.05) is 61.5 Å². The smallest absolute Gasteiger partial charge is 0.253 e. The second kappa shape index (κ2) is 8.56. The lowest BCUT2D eigenvalue weighted by Gasteiger charge is -2.32. The maximum absolute atomic E-state index is 12.8. The van der Waals surface area contributed by atoms with Crippen LogP contribution in [0.5, 0.6) is 5.75 Å². The van der Waals surface area contributed by atoms with Crippen LogP contribution in [0.2, 0.25) is 5.02 Å². The van der Waals surface area contributed by atoms with Crippen molar-refractivity contribution in [1.82, 2.24) is 9.80 Å². The van der Waals surface area contributed by atoms with E-state index in [4.69, 9.17) is 16.3 Å². The van der Waals surface area contributed by atoms with Gasteiger partial charge in [0.25, 0.3) is 5.91 Å². The summed E-state index contributed by atoms with van der Waals surface area (Å²) in [5, 5.41) is 0.703. The van der Waals surface area contributed by atoms with Crippen molar-refractivity contribution in [1.29, 1.82) is 0 Å². The second-order valence-electron chi connectivity index (χ2n) is 7.00. The lowest BCUT2D eigenvalue weighted by atomic mass is 10.0. The van der Waals surface area contributed by atoms with E-state index in [9.17, 15) is 4.79 Å². The number of nitrogens with zero attached hydrogens (tertiary/aromatic N) is 2. The predicted molar refractivity (Wildman–Crippen MR) is 105 cm³/mol. The molecule has 0 aliphatic carbocycles. The van der Waals surface area contributed by atoms with Gasteiger partial charge in [0.1, 0.15) is 11.9 Å². The average Bonchev–Trinajstić information content (AvgIpc) is 2.63. The summed E-state index contributed by atoms with van der Waals surface area (Å²) in [6.45, 7) is 2.27. The van der Waals surface area contributed by atoms with Crippen LogP contribution in [0.1, 0.15) is 28.8 Å². The summed E-state index contributed by atoms with van der Waals surface area (Å²) in [5.41, 5.74) is 1.92. The fourth-order valence-electron chi connectivity index (χ4n) is 3.23. The Hall–Kier alpha value is -2.04. The van der Waals surface area contributed by atoms with Crippen molar-refractivity contribution in [2.24, 2.45) is 0 Å². The summed E-state index contributed by atoms with van der Waals surface area (Å²) in [6, 6.07) is 15.3. The first kappa shape index (κ1) is 18.7. The first-order valence-electron chi connectivity index (χ1n) is 8.96. The fraction of sp³-hybridized carbons (Fsp3) is 0.381. The van der Waals surface area contributed by atoms with Crippen LogP contribution in [-0.2, 0) is 6.54 Å². The molecule has 1 aliphatic rings. The van der Waals surface area contributed by atoms with Gasteiger partial charge in [-0.15, -0.1) is 0 Å². The van der Waals surface area contributed by atoms with Crippen LogP contribution in [0.15, 0.2) is 48.5 Å². The van der Waals surface area contributed by atoms with Crippen LogP contribution in [0.25, 0.3) is 0 Å². The van der Waals surface area contributed by atoms with Crippen molar-refractivity contribution in [3.63, 3.8) is 0 Å². The molecule has 1 amide bonds. The zero-order valence-electron chi connectivity index (χ0n) is 15.3. The van der Waals surface area contributed by atoms with Gasteiger partial charge >= 0.3 is 0 Å². The number of carbonyl (C=O) groups is 1. The van der Waals surface area contributed by atoms with Gasteiger partial charge < -0.3 is 14.5 Å². The molecule has 1 fully saturated rings. The lowest BCUT2D eigenvalue weighted by molar-refractivity contribution is 0.0595. The number of hydrogen-bond acceptors (Lipinski definition) is 3. The van der Waals surface area contributed by atoms with E-state index in [0.29, 0.717) is 5.02 Å². The van der Waals surface area contributed by atoms with Crippen molar-refractivity contribution in [3.05, 3.63) is 64.7 Å². The van der Waals surface area contributed by atoms with E-state index >= 15 is 0 Å². The van der Waals surface area contributed by atoms with Crippen LogP contribution < -0.4 is 4.74 Å². The number of rotatable bonds is 5. The minimum Gasteiger partial charge on any atom is -0.490 e. The molecule has 0 spiro atoms. The third kappa shape index (κ3) is 4.99. The molecular weight excluding hydrogens is 348 g/mol. The number of carbonyl (C=O) groups excluding carboxylic acids is 1. The van der Waals surface area contributed by atoms with E-state index in [0.717, 1.165) is 49.4 Å².